The van der Waals surface area contributed by atoms with E-state index in [0.29, 0.717) is 0 Å². The lowest BCUT2D eigenvalue weighted by molar-refractivity contribution is -0.120. The third-order valence-corrected chi connectivity index (χ3v) is 5.60. The van der Waals surface area contributed by atoms with Crippen LogP contribution in [0.4, 0.5) is 5.69 Å². The number of thiophene rings is 1. The Labute approximate surface area is 159 Å². The van der Waals surface area contributed by atoms with Crippen LogP contribution in [-0.2, 0) is 11.3 Å². The van der Waals surface area contributed by atoms with Crippen molar-refractivity contribution in [3.8, 4) is 5.69 Å². The van der Waals surface area contributed by atoms with Crippen LogP contribution in [0.5, 0.6) is 0 Å². The standard InChI is InChI=1S/C17H17ClN6OS/c18-16-7-6-14(26-16)10-23-8-2-5-15(23)17(25)20-12-3-1-4-13(9-12)24-11-19-21-22-24/h1,3-4,6-7,9,11,15H,2,5,8,10H2,(H,20,25). The molecule has 0 radical (unpaired) electrons. The number of benzene rings is 1. The molecule has 3 aromatic rings. The van der Waals surface area contributed by atoms with Crippen LogP contribution in [0.1, 0.15) is 17.7 Å². The zero-order valence-corrected chi connectivity index (χ0v) is 15.5. The van der Waals surface area contributed by atoms with Crippen LogP contribution in [0.15, 0.2) is 42.7 Å². The number of aromatic nitrogens is 4. The lowest BCUT2D eigenvalue weighted by atomic mass is 10.2. The van der Waals surface area contributed by atoms with E-state index >= 15 is 0 Å². The predicted molar refractivity (Wildman–Crippen MR) is 101 cm³/mol. The van der Waals surface area contributed by atoms with Gasteiger partial charge in [-0.3, -0.25) is 9.69 Å². The van der Waals surface area contributed by atoms with Gasteiger partial charge in [0, 0.05) is 17.1 Å². The van der Waals surface area contributed by atoms with Crippen LogP contribution in [-0.4, -0.2) is 43.6 Å². The normalized spacial score (nSPS) is 17.5. The molecule has 134 valence electrons. The van der Waals surface area contributed by atoms with Gasteiger partial charge >= 0.3 is 0 Å². The summed E-state index contributed by atoms with van der Waals surface area (Å²) in [6.07, 6.45) is 3.39. The average Bonchev–Trinajstić information content (AvgIpc) is 3.37. The van der Waals surface area contributed by atoms with Gasteiger partial charge in [0.2, 0.25) is 5.91 Å². The predicted octanol–water partition coefficient (Wildman–Crippen LogP) is 2.98. The fraction of sp³-hybridized carbons (Fsp3) is 0.294. The molecule has 1 aliphatic heterocycles. The second-order valence-corrected chi connectivity index (χ2v) is 7.93. The van der Waals surface area contributed by atoms with E-state index in [9.17, 15) is 4.79 Å². The molecule has 7 nitrogen and oxygen atoms in total. The van der Waals surface area contributed by atoms with Crippen molar-refractivity contribution in [2.24, 2.45) is 0 Å². The van der Waals surface area contributed by atoms with Crippen LogP contribution < -0.4 is 5.32 Å². The number of anilines is 1. The number of nitrogens with zero attached hydrogens (tertiary/aromatic N) is 5. The number of halogens is 1. The Morgan fingerprint density at radius 3 is 3.04 bits per heavy atom. The molecule has 3 heterocycles. The molecule has 1 aromatic carbocycles. The molecule has 1 N–H and O–H groups in total. The van der Waals surface area contributed by atoms with Gasteiger partial charge in [0.05, 0.1) is 16.1 Å². The molecule has 1 amide bonds. The summed E-state index contributed by atoms with van der Waals surface area (Å²) < 4.78 is 2.33. The molecule has 2 aromatic heterocycles. The number of carbonyl (C=O) groups excluding carboxylic acids is 1. The smallest absolute Gasteiger partial charge is 0.241 e. The fourth-order valence-electron chi connectivity index (χ4n) is 3.18. The first-order valence-corrected chi connectivity index (χ1v) is 9.51. The lowest BCUT2D eigenvalue weighted by Gasteiger charge is -2.23. The van der Waals surface area contributed by atoms with E-state index in [1.165, 1.54) is 11.2 Å². The number of nitrogens with one attached hydrogen (secondary N) is 1. The van der Waals surface area contributed by atoms with Crippen molar-refractivity contribution in [1.82, 2.24) is 25.1 Å². The summed E-state index contributed by atoms with van der Waals surface area (Å²) in [4.78, 5) is 16.2. The van der Waals surface area contributed by atoms with Crippen LogP contribution in [0.25, 0.3) is 5.69 Å². The van der Waals surface area contributed by atoms with E-state index in [1.54, 1.807) is 16.0 Å². The number of hydrogen-bond acceptors (Lipinski definition) is 6. The van der Waals surface area contributed by atoms with E-state index in [2.05, 4.69) is 25.7 Å². The molecule has 1 atom stereocenters. The van der Waals surface area contributed by atoms with E-state index in [1.807, 2.05) is 36.4 Å². The number of carbonyl (C=O) groups is 1. The average molecular weight is 389 g/mol. The summed E-state index contributed by atoms with van der Waals surface area (Å²) in [5, 5.41) is 14.2. The first-order chi connectivity index (χ1) is 12.7. The first kappa shape index (κ1) is 17.1. The SMILES string of the molecule is O=C(Nc1cccc(-n2cnnn2)c1)C1CCCN1Cc1ccc(Cl)s1. The summed E-state index contributed by atoms with van der Waals surface area (Å²) >= 11 is 7.58. The number of hydrogen-bond donors (Lipinski definition) is 1. The van der Waals surface area contributed by atoms with Crippen LogP contribution >= 0.6 is 22.9 Å². The molecule has 0 bridgehead atoms. The molecular formula is C17H17ClN6OS. The molecule has 0 saturated carbocycles. The van der Waals surface area contributed by atoms with E-state index in [0.717, 1.165) is 41.6 Å². The molecule has 0 spiro atoms. The van der Waals surface area contributed by atoms with E-state index < -0.39 is 0 Å². The van der Waals surface area contributed by atoms with Crippen molar-refractivity contribution >= 4 is 34.5 Å². The Balaban J connectivity index is 1.44. The van der Waals surface area contributed by atoms with Crippen LogP contribution in [0.3, 0.4) is 0 Å². The van der Waals surface area contributed by atoms with Gasteiger partial charge in [-0.05, 0) is 60.1 Å². The maximum absolute atomic E-state index is 12.8. The Morgan fingerprint density at radius 1 is 1.35 bits per heavy atom. The summed E-state index contributed by atoms with van der Waals surface area (Å²) in [5.74, 6) is 0.0130. The Kier molecular flexibility index (Phi) is 4.96. The topological polar surface area (TPSA) is 75.9 Å². The number of tetrazole rings is 1. The summed E-state index contributed by atoms with van der Waals surface area (Å²) in [7, 11) is 0. The van der Waals surface area contributed by atoms with Gasteiger partial charge in [-0.15, -0.1) is 16.4 Å². The minimum absolute atomic E-state index is 0.0130. The number of rotatable bonds is 5. The highest BCUT2D eigenvalue weighted by Crippen LogP contribution is 2.27. The van der Waals surface area contributed by atoms with Gasteiger partial charge in [0.1, 0.15) is 6.33 Å². The molecule has 0 aliphatic carbocycles. The summed E-state index contributed by atoms with van der Waals surface area (Å²) in [6.45, 7) is 1.67. The van der Waals surface area contributed by atoms with Gasteiger partial charge in [0.25, 0.3) is 0 Å². The van der Waals surface area contributed by atoms with Crippen molar-refractivity contribution in [2.45, 2.75) is 25.4 Å². The van der Waals surface area contributed by atoms with Gasteiger partial charge in [-0.1, -0.05) is 17.7 Å². The van der Waals surface area contributed by atoms with Gasteiger partial charge < -0.3 is 5.32 Å². The molecule has 1 aliphatic rings. The number of amides is 1. The highest BCUT2D eigenvalue weighted by molar-refractivity contribution is 7.16. The van der Waals surface area contributed by atoms with Gasteiger partial charge in [0.15, 0.2) is 0 Å². The Morgan fingerprint density at radius 2 is 2.27 bits per heavy atom. The molecule has 26 heavy (non-hydrogen) atoms. The molecular weight excluding hydrogens is 372 g/mol. The summed E-state index contributed by atoms with van der Waals surface area (Å²) in [6, 6.07) is 11.3. The van der Waals surface area contributed by atoms with Crippen LogP contribution in [0.2, 0.25) is 4.34 Å². The monoisotopic (exact) mass is 388 g/mol. The zero-order chi connectivity index (χ0) is 17.9. The fourth-order valence-corrected chi connectivity index (χ4v) is 4.29. The third kappa shape index (κ3) is 3.77. The Bertz CT molecular complexity index is 896. The number of likely N-dealkylation sites (tertiary alicyclic amines) is 1. The quantitative estimate of drug-likeness (QED) is 0.727. The van der Waals surface area contributed by atoms with E-state index in [4.69, 9.17) is 11.6 Å². The minimum atomic E-state index is -0.132. The second kappa shape index (κ2) is 7.53. The molecule has 1 saturated heterocycles. The molecule has 9 heteroatoms. The van der Waals surface area contributed by atoms with Crippen LogP contribution in [0, 0.1) is 0 Å². The van der Waals surface area contributed by atoms with Gasteiger partial charge in [-0.25, -0.2) is 4.68 Å². The lowest BCUT2D eigenvalue weighted by Crippen LogP contribution is -2.39. The third-order valence-electron chi connectivity index (χ3n) is 4.38. The van der Waals surface area contributed by atoms with Crippen molar-refractivity contribution in [3.05, 3.63) is 51.9 Å². The van der Waals surface area contributed by atoms with Gasteiger partial charge in [-0.2, -0.15) is 0 Å². The van der Waals surface area contributed by atoms with Crippen molar-refractivity contribution in [2.75, 3.05) is 11.9 Å². The highest BCUT2D eigenvalue weighted by atomic mass is 35.5. The molecule has 4 rings (SSSR count). The summed E-state index contributed by atoms with van der Waals surface area (Å²) in [5.41, 5.74) is 1.53. The minimum Gasteiger partial charge on any atom is -0.325 e. The second-order valence-electron chi connectivity index (χ2n) is 6.13. The van der Waals surface area contributed by atoms with Crippen molar-refractivity contribution in [1.29, 1.82) is 0 Å². The maximum Gasteiger partial charge on any atom is 0.241 e. The Hall–Kier alpha value is -2.29. The highest BCUT2D eigenvalue weighted by Gasteiger charge is 2.31. The molecule has 1 fully saturated rings. The van der Waals surface area contributed by atoms with Crippen molar-refractivity contribution in [3.63, 3.8) is 0 Å². The first-order valence-electron chi connectivity index (χ1n) is 8.31. The maximum atomic E-state index is 12.8. The largest absolute Gasteiger partial charge is 0.325 e. The van der Waals surface area contributed by atoms with Crippen molar-refractivity contribution < 1.29 is 4.79 Å². The zero-order valence-electron chi connectivity index (χ0n) is 13.9. The van der Waals surface area contributed by atoms with E-state index in [-0.39, 0.29) is 11.9 Å². The molecule has 1 unspecified atom stereocenters.